The van der Waals surface area contributed by atoms with Crippen molar-refractivity contribution < 1.29 is 13.2 Å². The molecular formula is C15H32N4O3S. The summed E-state index contributed by atoms with van der Waals surface area (Å²) in [7, 11) is -1.61. The maximum absolute atomic E-state index is 12.0. The largest absolute Gasteiger partial charge is 0.377 e. The zero-order valence-corrected chi connectivity index (χ0v) is 15.3. The van der Waals surface area contributed by atoms with Crippen molar-refractivity contribution in [1.82, 2.24) is 15.4 Å². The summed E-state index contributed by atoms with van der Waals surface area (Å²) in [5.41, 5.74) is 0. The van der Waals surface area contributed by atoms with Crippen LogP contribution in [0.5, 0.6) is 0 Å². The number of rotatable bonds is 10. The van der Waals surface area contributed by atoms with Crippen molar-refractivity contribution in [2.75, 3.05) is 39.0 Å². The van der Waals surface area contributed by atoms with Crippen molar-refractivity contribution in [2.24, 2.45) is 4.99 Å². The van der Waals surface area contributed by atoms with E-state index in [0.29, 0.717) is 19.0 Å². The molecule has 0 radical (unpaired) electrons. The molecule has 8 heteroatoms. The molecule has 136 valence electrons. The van der Waals surface area contributed by atoms with Gasteiger partial charge in [0.2, 0.25) is 10.0 Å². The Morgan fingerprint density at radius 3 is 2.65 bits per heavy atom. The van der Waals surface area contributed by atoms with Gasteiger partial charge in [0.05, 0.1) is 11.9 Å². The fraction of sp³-hybridized carbons (Fsp3) is 0.933. The summed E-state index contributed by atoms with van der Waals surface area (Å²) in [5.74, 6) is 0.668. The number of nitrogens with one attached hydrogen (secondary N) is 3. The van der Waals surface area contributed by atoms with Gasteiger partial charge < -0.3 is 15.4 Å². The molecule has 0 aliphatic carbocycles. The van der Waals surface area contributed by atoms with Gasteiger partial charge in [0.1, 0.15) is 0 Å². The van der Waals surface area contributed by atoms with E-state index in [1.54, 1.807) is 7.05 Å². The summed E-state index contributed by atoms with van der Waals surface area (Å²) >= 11 is 0. The number of nitrogens with zero attached hydrogens (tertiary/aromatic N) is 1. The van der Waals surface area contributed by atoms with E-state index in [-0.39, 0.29) is 11.9 Å². The highest BCUT2D eigenvalue weighted by Crippen LogP contribution is 2.11. The predicted octanol–water partition coefficient (Wildman–Crippen LogP) is 0.830. The first-order valence-corrected chi connectivity index (χ1v) is 10.3. The zero-order valence-electron chi connectivity index (χ0n) is 14.4. The molecule has 1 atom stereocenters. The number of aliphatic imine (C=N–C) groups is 1. The molecule has 1 saturated heterocycles. The van der Waals surface area contributed by atoms with E-state index in [9.17, 15) is 8.42 Å². The van der Waals surface area contributed by atoms with Crippen LogP contribution in [-0.4, -0.2) is 59.5 Å². The summed E-state index contributed by atoms with van der Waals surface area (Å²) in [6.07, 6.45) is 6.53. The van der Waals surface area contributed by atoms with Crippen molar-refractivity contribution in [2.45, 2.75) is 51.6 Å². The second kappa shape index (κ2) is 11.6. The Labute approximate surface area is 140 Å². The molecule has 1 aliphatic heterocycles. The van der Waals surface area contributed by atoms with Gasteiger partial charge in [-0.2, -0.15) is 0 Å². The third kappa shape index (κ3) is 9.78. The SMILES string of the molecule is CCCCCNC(=NC)NCCS(=O)(=O)NCC1CCCCO1. The fourth-order valence-electron chi connectivity index (χ4n) is 2.37. The highest BCUT2D eigenvalue weighted by atomic mass is 32.2. The molecule has 1 rings (SSSR count). The molecule has 23 heavy (non-hydrogen) atoms. The molecule has 7 nitrogen and oxygen atoms in total. The van der Waals surface area contributed by atoms with Gasteiger partial charge in [-0.15, -0.1) is 0 Å². The van der Waals surface area contributed by atoms with Gasteiger partial charge in [-0.25, -0.2) is 13.1 Å². The van der Waals surface area contributed by atoms with Gasteiger partial charge in [0.25, 0.3) is 0 Å². The highest BCUT2D eigenvalue weighted by molar-refractivity contribution is 7.89. The van der Waals surface area contributed by atoms with E-state index in [4.69, 9.17) is 4.74 Å². The zero-order chi connectivity index (χ0) is 17.0. The maximum Gasteiger partial charge on any atom is 0.213 e. The lowest BCUT2D eigenvalue weighted by molar-refractivity contribution is 0.0200. The van der Waals surface area contributed by atoms with Gasteiger partial charge in [-0.3, -0.25) is 4.99 Å². The number of unbranched alkanes of at least 4 members (excludes halogenated alkanes) is 2. The van der Waals surface area contributed by atoms with Crippen molar-refractivity contribution in [3.8, 4) is 0 Å². The summed E-state index contributed by atoms with van der Waals surface area (Å²) in [6, 6.07) is 0. The average Bonchev–Trinajstić information content (AvgIpc) is 2.56. The van der Waals surface area contributed by atoms with Crippen LogP contribution in [0, 0.1) is 0 Å². The Bertz CT molecular complexity index is 434. The van der Waals surface area contributed by atoms with Gasteiger partial charge in [0, 0.05) is 33.3 Å². The van der Waals surface area contributed by atoms with E-state index >= 15 is 0 Å². The molecule has 1 fully saturated rings. The van der Waals surface area contributed by atoms with Gasteiger partial charge in [0.15, 0.2) is 5.96 Å². The Morgan fingerprint density at radius 2 is 2.00 bits per heavy atom. The minimum atomic E-state index is -3.29. The smallest absolute Gasteiger partial charge is 0.213 e. The molecule has 0 saturated carbocycles. The Hall–Kier alpha value is -0.860. The molecule has 0 amide bonds. The summed E-state index contributed by atoms with van der Waals surface area (Å²) < 4.78 is 32.1. The minimum Gasteiger partial charge on any atom is -0.377 e. The van der Waals surface area contributed by atoms with Crippen LogP contribution in [0.4, 0.5) is 0 Å². The second-order valence-corrected chi connectivity index (χ2v) is 7.72. The molecule has 0 aromatic carbocycles. The van der Waals surface area contributed by atoms with Crippen LogP contribution in [0.25, 0.3) is 0 Å². The van der Waals surface area contributed by atoms with Crippen LogP contribution in [-0.2, 0) is 14.8 Å². The Balaban J connectivity index is 2.18. The number of sulfonamides is 1. The van der Waals surface area contributed by atoms with Gasteiger partial charge in [-0.1, -0.05) is 19.8 Å². The quantitative estimate of drug-likeness (QED) is 0.309. The Kier molecular flexibility index (Phi) is 10.2. The third-order valence-corrected chi connectivity index (χ3v) is 5.11. The fourth-order valence-corrected chi connectivity index (χ4v) is 3.32. The molecule has 0 aromatic rings. The number of hydrogen-bond donors (Lipinski definition) is 3. The van der Waals surface area contributed by atoms with Crippen molar-refractivity contribution in [3.63, 3.8) is 0 Å². The van der Waals surface area contributed by atoms with E-state index in [0.717, 1.165) is 38.8 Å². The first kappa shape index (κ1) is 20.2. The number of guanidine groups is 1. The lowest BCUT2D eigenvalue weighted by atomic mass is 10.1. The molecule has 0 aromatic heterocycles. The lowest BCUT2D eigenvalue weighted by Crippen LogP contribution is -2.42. The maximum atomic E-state index is 12.0. The first-order valence-electron chi connectivity index (χ1n) is 8.61. The first-order chi connectivity index (χ1) is 11.1. The molecule has 1 aliphatic rings. The average molecular weight is 349 g/mol. The Morgan fingerprint density at radius 1 is 1.22 bits per heavy atom. The van der Waals surface area contributed by atoms with E-state index in [1.165, 1.54) is 12.8 Å². The summed E-state index contributed by atoms with van der Waals surface area (Å²) in [5, 5.41) is 6.21. The molecule has 3 N–H and O–H groups in total. The third-order valence-electron chi connectivity index (χ3n) is 3.76. The van der Waals surface area contributed by atoms with Crippen LogP contribution in [0.1, 0.15) is 45.4 Å². The predicted molar refractivity (Wildman–Crippen MR) is 94.3 cm³/mol. The van der Waals surface area contributed by atoms with Crippen molar-refractivity contribution in [1.29, 1.82) is 0 Å². The van der Waals surface area contributed by atoms with Gasteiger partial charge in [-0.05, 0) is 25.7 Å². The van der Waals surface area contributed by atoms with Crippen molar-refractivity contribution in [3.05, 3.63) is 0 Å². The van der Waals surface area contributed by atoms with Crippen LogP contribution < -0.4 is 15.4 Å². The van der Waals surface area contributed by atoms with Crippen LogP contribution >= 0.6 is 0 Å². The molecule has 1 heterocycles. The summed E-state index contributed by atoms with van der Waals surface area (Å²) in [6.45, 7) is 4.43. The number of ether oxygens (including phenoxy) is 1. The molecule has 1 unspecified atom stereocenters. The van der Waals surface area contributed by atoms with Crippen LogP contribution in [0.15, 0.2) is 4.99 Å². The summed E-state index contributed by atoms with van der Waals surface area (Å²) in [4.78, 5) is 4.08. The van der Waals surface area contributed by atoms with E-state index in [2.05, 4.69) is 27.3 Å². The highest BCUT2D eigenvalue weighted by Gasteiger charge is 2.17. The van der Waals surface area contributed by atoms with E-state index < -0.39 is 10.0 Å². The van der Waals surface area contributed by atoms with Gasteiger partial charge >= 0.3 is 0 Å². The van der Waals surface area contributed by atoms with Crippen LogP contribution in [0.2, 0.25) is 0 Å². The molecular weight excluding hydrogens is 316 g/mol. The topological polar surface area (TPSA) is 91.8 Å². The normalized spacial score (nSPS) is 19.6. The monoisotopic (exact) mass is 348 g/mol. The van der Waals surface area contributed by atoms with Crippen LogP contribution in [0.3, 0.4) is 0 Å². The van der Waals surface area contributed by atoms with Crippen molar-refractivity contribution >= 4 is 16.0 Å². The second-order valence-electron chi connectivity index (χ2n) is 5.79. The lowest BCUT2D eigenvalue weighted by Gasteiger charge is -2.22. The standard InChI is InChI=1S/C15H32N4O3S/c1-3-4-6-9-17-15(16-2)18-10-12-23(20,21)19-13-14-8-5-7-11-22-14/h14,19H,3-13H2,1-2H3,(H2,16,17,18). The van der Waals surface area contributed by atoms with E-state index in [1.807, 2.05) is 0 Å². The minimum absolute atomic E-state index is 0.0134. The number of hydrogen-bond acceptors (Lipinski definition) is 4. The molecule has 0 spiro atoms. The molecule has 0 bridgehead atoms.